The Labute approximate surface area is 121 Å². The van der Waals surface area contributed by atoms with Crippen molar-refractivity contribution in [2.75, 3.05) is 0 Å². The van der Waals surface area contributed by atoms with Gasteiger partial charge in [0.25, 0.3) is 0 Å². The van der Waals surface area contributed by atoms with Gasteiger partial charge in [-0.2, -0.15) is 4.98 Å². The smallest absolute Gasteiger partial charge is 0.244 e. The standard InChI is InChI=1S/C16H13N3O2/c20-14(9-8-12-5-2-1-3-6-12)18-11-15-19-16-13(21-15)7-4-10-17-16/h1-10H,11H2,(H,18,20)/b9-8+. The van der Waals surface area contributed by atoms with E-state index in [0.717, 1.165) is 5.56 Å². The number of carbonyl (C=O) groups is 1. The summed E-state index contributed by atoms with van der Waals surface area (Å²) >= 11 is 0. The van der Waals surface area contributed by atoms with E-state index in [1.165, 1.54) is 6.08 Å². The molecule has 0 saturated heterocycles. The van der Waals surface area contributed by atoms with Crippen molar-refractivity contribution >= 4 is 23.2 Å². The van der Waals surface area contributed by atoms with Gasteiger partial charge in [0, 0.05) is 12.3 Å². The molecular weight excluding hydrogens is 266 g/mol. The highest BCUT2D eigenvalue weighted by Gasteiger charge is 2.06. The lowest BCUT2D eigenvalue weighted by molar-refractivity contribution is -0.116. The monoisotopic (exact) mass is 279 g/mol. The minimum absolute atomic E-state index is 0.200. The van der Waals surface area contributed by atoms with Crippen LogP contribution >= 0.6 is 0 Å². The third-order valence-electron chi connectivity index (χ3n) is 2.85. The second-order valence-electron chi connectivity index (χ2n) is 4.39. The van der Waals surface area contributed by atoms with Crippen molar-refractivity contribution in [3.8, 4) is 0 Å². The number of nitrogens with one attached hydrogen (secondary N) is 1. The summed E-state index contributed by atoms with van der Waals surface area (Å²) in [6.45, 7) is 0.230. The lowest BCUT2D eigenvalue weighted by Crippen LogP contribution is -2.20. The van der Waals surface area contributed by atoms with Crippen molar-refractivity contribution < 1.29 is 9.21 Å². The van der Waals surface area contributed by atoms with Gasteiger partial charge < -0.3 is 9.73 Å². The largest absolute Gasteiger partial charge is 0.437 e. The molecule has 104 valence electrons. The van der Waals surface area contributed by atoms with Crippen LogP contribution in [0, 0.1) is 0 Å². The molecule has 1 amide bonds. The zero-order chi connectivity index (χ0) is 14.5. The maximum absolute atomic E-state index is 11.7. The molecule has 21 heavy (non-hydrogen) atoms. The van der Waals surface area contributed by atoms with Crippen molar-refractivity contribution in [3.05, 3.63) is 66.2 Å². The molecule has 0 bridgehead atoms. The van der Waals surface area contributed by atoms with Crippen LogP contribution in [0.5, 0.6) is 0 Å². The van der Waals surface area contributed by atoms with Crippen LogP contribution in [0.1, 0.15) is 11.5 Å². The lowest BCUT2D eigenvalue weighted by Gasteiger charge is -1.97. The van der Waals surface area contributed by atoms with Gasteiger partial charge in [0.1, 0.15) is 0 Å². The number of fused-ring (bicyclic) bond motifs is 1. The summed E-state index contributed by atoms with van der Waals surface area (Å²) in [6, 6.07) is 13.2. The topological polar surface area (TPSA) is 68.0 Å². The SMILES string of the molecule is O=C(/C=C/c1ccccc1)NCc1nc2ncccc2o1. The highest BCUT2D eigenvalue weighted by Crippen LogP contribution is 2.11. The second kappa shape index (κ2) is 6.00. The highest BCUT2D eigenvalue weighted by molar-refractivity contribution is 5.91. The number of amides is 1. The summed E-state index contributed by atoms with van der Waals surface area (Å²) < 4.78 is 5.47. The number of nitrogens with zero attached hydrogens (tertiary/aromatic N) is 2. The summed E-state index contributed by atoms with van der Waals surface area (Å²) in [7, 11) is 0. The number of rotatable bonds is 4. The van der Waals surface area contributed by atoms with Crippen LogP contribution in [0.2, 0.25) is 0 Å². The summed E-state index contributed by atoms with van der Waals surface area (Å²) in [4.78, 5) is 20.0. The molecule has 2 heterocycles. The number of pyridine rings is 1. The van der Waals surface area contributed by atoms with Crippen LogP contribution in [0.4, 0.5) is 0 Å². The Balaban J connectivity index is 1.59. The Morgan fingerprint density at radius 1 is 1.19 bits per heavy atom. The van der Waals surface area contributed by atoms with E-state index in [9.17, 15) is 4.79 Å². The molecule has 0 aliphatic heterocycles. The molecule has 5 heteroatoms. The van der Waals surface area contributed by atoms with Gasteiger partial charge in [0.2, 0.25) is 11.8 Å². The first kappa shape index (κ1) is 13.1. The van der Waals surface area contributed by atoms with Gasteiger partial charge in [0.05, 0.1) is 6.54 Å². The van der Waals surface area contributed by atoms with Crippen LogP contribution in [-0.4, -0.2) is 15.9 Å². The van der Waals surface area contributed by atoms with Gasteiger partial charge in [-0.3, -0.25) is 4.79 Å². The first-order valence-electron chi connectivity index (χ1n) is 6.53. The van der Waals surface area contributed by atoms with E-state index in [-0.39, 0.29) is 12.5 Å². The van der Waals surface area contributed by atoms with Crippen LogP contribution in [0.25, 0.3) is 17.3 Å². The molecule has 0 atom stereocenters. The zero-order valence-corrected chi connectivity index (χ0v) is 11.2. The number of benzene rings is 1. The van der Waals surface area contributed by atoms with Crippen molar-refractivity contribution in [2.45, 2.75) is 6.54 Å². The van der Waals surface area contributed by atoms with E-state index in [0.29, 0.717) is 17.1 Å². The van der Waals surface area contributed by atoms with E-state index in [2.05, 4.69) is 15.3 Å². The number of carbonyl (C=O) groups excluding carboxylic acids is 1. The highest BCUT2D eigenvalue weighted by atomic mass is 16.3. The van der Waals surface area contributed by atoms with Crippen molar-refractivity contribution in [1.29, 1.82) is 0 Å². The Kier molecular flexibility index (Phi) is 3.73. The minimum atomic E-state index is -0.200. The number of aromatic nitrogens is 2. The van der Waals surface area contributed by atoms with Crippen LogP contribution in [0.3, 0.4) is 0 Å². The van der Waals surface area contributed by atoms with Crippen LogP contribution in [-0.2, 0) is 11.3 Å². The van der Waals surface area contributed by atoms with E-state index in [1.54, 1.807) is 24.4 Å². The van der Waals surface area contributed by atoms with E-state index >= 15 is 0 Å². The van der Waals surface area contributed by atoms with Crippen LogP contribution in [0.15, 0.2) is 59.2 Å². The Morgan fingerprint density at radius 3 is 2.86 bits per heavy atom. The summed E-state index contributed by atoms with van der Waals surface area (Å²) in [5, 5.41) is 2.72. The molecule has 0 aliphatic rings. The predicted octanol–water partition coefficient (Wildman–Crippen LogP) is 2.55. The maximum atomic E-state index is 11.7. The van der Waals surface area contributed by atoms with Gasteiger partial charge in [0.15, 0.2) is 11.2 Å². The molecule has 0 saturated carbocycles. The average Bonchev–Trinajstić information content (AvgIpc) is 2.95. The van der Waals surface area contributed by atoms with Gasteiger partial charge in [-0.05, 0) is 23.8 Å². The summed E-state index contributed by atoms with van der Waals surface area (Å²) in [5.74, 6) is 0.235. The molecule has 0 unspecified atom stereocenters. The van der Waals surface area contributed by atoms with E-state index in [4.69, 9.17) is 4.42 Å². The average molecular weight is 279 g/mol. The lowest BCUT2D eigenvalue weighted by atomic mass is 10.2. The fourth-order valence-corrected chi connectivity index (χ4v) is 1.85. The quantitative estimate of drug-likeness (QED) is 0.745. The third-order valence-corrected chi connectivity index (χ3v) is 2.85. The second-order valence-corrected chi connectivity index (χ2v) is 4.39. The first-order valence-corrected chi connectivity index (χ1v) is 6.53. The first-order chi connectivity index (χ1) is 10.3. The van der Waals surface area contributed by atoms with Gasteiger partial charge >= 0.3 is 0 Å². The minimum Gasteiger partial charge on any atom is -0.437 e. The summed E-state index contributed by atoms with van der Waals surface area (Å²) in [5.41, 5.74) is 2.13. The van der Waals surface area contributed by atoms with Crippen LogP contribution < -0.4 is 5.32 Å². The number of hydrogen-bond donors (Lipinski definition) is 1. The summed E-state index contributed by atoms with van der Waals surface area (Å²) in [6.07, 6.45) is 4.88. The molecule has 2 aromatic heterocycles. The third kappa shape index (κ3) is 3.33. The molecular formula is C16H13N3O2. The molecule has 5 nitrogen and oxygen atoms in total. The Morgan fingerprint density at radius 2 is 2.05 bits per heavy atom. The normalized spacial score (nSPS) is 11.0. The fraction of sp³-hybridized carbons (Fsp3) is 0.0625. The molecule has 0 fully saturated rings. The zero-order valence-electron chi connectivity index (χ0n) is 11.2. The van der Waals surface area contributed by atoms with Gasteiger partial charge in [-0.1, -0.05) is 30.3 Å². The predicted molar refractivity (Wildman–Crippen MR) is 79.1 cm³/mol. The molecule has 0 radical (unpaired) electrons. The van der Waals surface area contributed by atoms with Gasteiger partial charge in [-0.15, -0.1) is 0 Å². The molecule has 3 rings (SSSR count). The number of hydrogen-bond acceptors (Lipinski definition) is 4. The fourth-order valence-electron chi connectivity index (χ4n) is 1.85. The maximum Gasteiger partial charge on any atom is 0.244 e. The Bertz CT molecular complexity index is 745. The molecule has 1 aromatic carbocycles. The van der Waals surface area contributed by atoms with Crippen molar-refractivity contribution in [3.63, 3.8) is 0 Å². The molecule has 0 spiro atoms. The van der Waals surface area contributed by atoms with Gasteiger partial charge in [-0.25, -0.2) is 4.98 Å². The molecule has 3 aromatic rings. The number of oxazole rings is 1. The van der Waals surface area contributed by atoms with Crippen molar-refractivity contribution in [1.82, 2.24) is 15.3 Å². The van der Waals surface area contributed by atoms with E-state index in [1.807, 2.05) is 30.3 Å². The molecule has 0 aliphatic carbocycles. The van der Waals surface area contributed by atoms with E-state index < -0.39 is 0 Å². The molecule has 1 N–H and O–H groups in total. The van der Waals surface area contributed by atoms with Crippen molar-refractivity contribution in [2.24, 2.45) is 0 Å². The Hall–Kier alpha value is -2.95.